The van der Waals surface area contributed by atoms with Gasteiger partial charge in [-0.25, -0.2) is 4.98 Å². The van der Waals surface area contributed by atoms with Crippen molar-refractivity contribution in [3.05, 3.63) is 16.1 Å². The first-order valence-corrected chi connectivity index (χ1v) is 5.89. The number of likely N-dealkylation sites (N-methyl/N-ethyl adjacent to an activating group) is 1. The monoisotopic (exact) mass is 225 g/mol. The van der Waals surface area contributed by atoms with E-state index in [1.54, 1.807) is 11.3 Å². The van der Waals surface area contributed by atoms with E-state index < -0.39 is 0 Å². The minimum atomic E-state index is 0.0130. The highest BCUT2D eigenvalue weighted by molar-refractivity contribution is 7.11. The molecule has 1 N–H and O–H groups in total. The highest BCUT2D eigenvalue weighted by Gasteiger charge is 2.30. The van der Waals surface area contributed by atoms with Crippen molar-refractivity contribution < 1.29 is 4.79 Å². The molecule has 0 radical (unpaired) electrons. The molecule has 5 heteroatoms. The van der Waals surface area contributed by atoms with Crippen molar-refractivity contribution in [1.82, 2.24) is 15.2 Å². The van der Waals surface area contributed by atoms with Gasteiger partial charge in [0.1, 0.15) is 0 Å². The second-order valence-corrected chi connectivity index (χ2v) is 5.05. The number of nitrogens with zero attached hydrogens (tertiary/aromatic N) is 2. The second-order valence-electron chi connectivity index (χ2n) is 3.74. The summed E-state index contributed by atoms with van der Waals surface area (Å²) in [6.07, 6.45) is 2.77. The topological polar surface area (TPSA) is 45.2 Å². The summed E-state index contributed by atoms with van der Waals surface area (Å²) in [7, 11) is 1.84. The zero-order valence-corrected chi connectivity index (χ0v) is 9.80. The van der Waals surface area contributed by atoms with E-state index in [1.807, 2.05) is 25.1 Å². The third kappa shape index (κ3) is 2.18. The van der Waals surface area contributed by atoms with Crippen LogP contribution in [-0.2, 0) is 11.3 Å². The van der Waals surface area contributed by atoms with Gasteiger partial charge in [-0.1, -0.05) is 0 Å². The van der Waals surface area contributed by atoms with E-state index in [0.29, 0.717) is 6.54 Å². The highest BCUT2D eigenvalue weighted by atomic mass is 32.1. The molecule has 4 nitrogen and oxygen atoms in total. The number of aromatic nitrogens is 1. The zero-order valence-electron chi connectivity index (χ0n) is 8.99. The number of aryl methyl sites for hydroxylation is 1. The molecule has 1 aromatic rings. The van der Waals surface area contributed by atoms with Crippen molar-refractivity contribution in [1.29, 1.82) is 0 Å². The summed E-state index contributed by atoms with van der Waals surface area (Å²) in [6, 6.07) is 0.0130. The first-order chi connectivity index (χ1) is 7.20. The molecule has 15 heavy (non-hydrogen) atoms. The Morgan fingerprint density at radius 1 is 1.73 bits per heavy atom. The fraction of sp³-hybridized carbons (Fsp3) is 0.600. The van der Waals surface area contributed by atoms with Crippen LogP contribution < -0.4 is 5.32 Å². The van der Waals surface area contributed by atoms with Crippen LogP contribution in [0.1, 0.15) is 16.3 Å². The molecule has 0 aliphatic carbocycles. The van der Waals surface area contributed by atoms with Gasteiger partial charge >= 0.3 is 0 Å². The van der Waals surface area contributed by atoms with Crippen LogP contribution in [0.2, 0.25) is 0 Å². The molecule has 0 spiro atoms. The van der Waals surface area contributed by atoms with Crippen LogP contribution in [0, 0.1) is 6.92 Å². The standard InChI is InChI=1S/C10H15N3OS/c1-7-12-5-8(15-7)6-13-4-3-9(11-2)10(13)14/h5,9,11H,3-4,6H2,1-2H3. The van der Waals surface area contributed by atoms with Gasteiger partial charge in [0.15, 0.2) is 0 Å². The maximum absolute atomic E-state index is 11.8. The fourth-order valence-corrected chi connectivity index (χ4v) is 2.64. The third-order valence-electron chi connectivity index (χ3n) is 2.66. The molecule has 1 unspecified atom stereocenters. The number of amides is 1. The zero-order chi connectivity index (χ0) is 10.8. The van der Waals surface area contributed by atoms with Gasteiger partial charge in [-0.05, 0) is 20.4 Å². The van der Waals surface area contributed by atoms with Crippen LogP contribution >= 0.6 is 11.3 Å². The summed E-state index contributed by atoms with van der Waals surface area (Å²) in [4.78, 5) is 19.0. The van der Waals surface area contributed by atoms with Crippen molar-refractivity contribution in [2.75, 3.05) is 13.6 Å². The van der Waals surface area contributed by atoms with Crippen LogP contribution in [0.15, 0.2) is 6.20 Å². The smallest absolute Gasteiger partial charge is 0.240 e. The van der Waals surface area contributed by atoms with Crippen molar-refractivity contribution in [3.8, 4) is 0 Å². The summed E-state index contributed by atoms with van der Waals surface area (Å²) in [5.74, 6) is 0.212. The van der Waals surface area contributed by atoms with Crippen LogP contribution in [0.25, 0.3) is 0 Å². The second kappa shape index (κ2) is 4.28. The van der Waals surface area contributed by atoms with E-state index in [9.17, 15) is 4.79 Å². The number of carbonyl (C=O) groups excluding carboxylic acids is 1. The Balaban J connectivity index is 1.99. The van der Waals surface area contributed by atoms with Crippen LogP contribution in [0.3, 0.4) is 0 Å². The first-order valence-electron chi connectivity index (χ1n) is 5.08. The van der Waals surface area contributed by atoms with Crippen molar-refractivity contribution in [2.24, 2.45) is 0 Å². The molecule has 82 valence electrons. The number of hydrogen-bond donors (Lipinski definition) is 1. The van der Waals surface area contributed by atoms with Crippen LogP contribution in [0.4, 0.5) is 0 Å². The van der Waals surface area contributed by atoms with Gasteiger partial charge in [-0.15, -0.1) is 11.3 Å². The molecule has 1 amide bonds. The number of rotatable bonds is 3. The maximum Gasteiger partial charge on any atom is 0.240 e. The predicted octanol–water partition coefficient (Wildman–Crippen LogP) is 0.772. The van der Waals surface area contributed by atoms with Crippen molar-refractivity contribution in [3.63, 3.8) is 0 Å². The van der Waals surface area contributed by atoms with Crippen molar-refractivity contribution >= 4 is 17.2 Å². The Hall–Kier alpha value is -0.940. The lowest BCUT2D eigenvalue weighted by Crippen LogP contribution is -2.35. The molecule has 1 saturated heterocycles. The fourth-order valence-electron chi connectivity index (χ4n) is 1.83. The maximum atomic E-state index is 11.8. The van der Waals surface area contributed by atoms with Gasteiger partial charge in [0.25, 0.3) is 0 Å². The highest BCUT2D eigenvalue weighted by Crippen LogP contribution is 2.18. The van der Waals surface area contributed by atoms with Gasteiger partial charge in [-0.2, -0.15) is 0 Å². The molecule has 1 aliphatic rings. The van der Waals surface area contributed by atoms with E-state index in [1.165, 1.54) is 0 Å². The summed E-state index contributed by atoms with van der Waals surface area (Å²) < 4.78 is 0. The average molecular weight is 225 g/mol. The van der Waals surface area contributed by atoms with Gasteiger partial charge in [0.2, 0.25) is 5.91 Å². The molecule has 0 aromatic carbocycles. The Morgan fingerprint density at radius 2 is 2.53 bits per heavy atom. The number of likely N-dealkylation sites (tertiary alicyclic amines) is 1. The van der Waals surface area contributed by atoms with E-state index in [0.717, 1.165) is 22.9 Å². The predicted molar refractivity (Wildman–Crippen MR) is 59.7 cm³/mol. The summed E-state index contributed by atoms with van der Waals surface area (Å²) in [5.41, 5.74) is 0. The van der Waals surface area contributed by atoms with Crippen LogP contribution in [0.5, 0.6) is 0 Å². The molecule has 0 bridgehead atoms. The SMILES string of the molecule is CNC1CCN(Cc2cnc(C)s2)C1=O. The minimum Gasteiger partial charge on any atom is -0.336 e. The average Bonchev–Trinajstić information content (AvgIpc) is 2.76. The largest absolute Gasteiger partial charge is 0.336 e. The molecule has 1 aliphatic heterocycles. The quantitative estimate of drug-likeness (QED) is 0.826. The van der Waals surface area contributed by atoms with E-state index in [-0.39, 0.29) is 11.9 Å². The lowest BCUT2D eigenvalue weighted by molar-refractivity contribution is -0.129. The Labute approximate surface area is 93.3 Å². The van der Waals surface area contributed by atoms with Gasteiger partial charge in [0.05, 0.1) is 17.6 Å². The number of nitrogens with one attached hydrogen (secondary N) is 1. The molecular formula is C10H15N3OS. The molecule has 2 rings (SSSR count). The molecular weight excluding hydrogens is 210 g/mol. The van der Waals surface area contributed by atoms with Crippen molar-refractivity contribution in [2.45, 2.75) is 25.9 Å². The third-order valence-corrected chi connectivity index (χ3v) is 3.56. The molecule has 0 saturated carbocycles. The van der Waals surface area contributed by atoms with Gasteiger partial charge in [0, 0.05) is 17.6 Å². The normalized spacial score (nSPS) is 21.3. The lowest BCUT2D eigenvalue weighted by Gasteiger charge is -2.14. The number of carbonyl (C=O) groups is 1. The van der Waals surface area contributed by atoms with E-state index in [2.05, 4.69) is 10.3 Å². The lowest BCUT2D eigenvalue weighted by atomic mass is 10.3. The Morgan fingerprint density at radius 3 is 3.07 bits per heavy atom. The Kier molecular flexibility index (Phi) is 3.02. The molecule has 1 atom stereocenters. The summed E-state index contributed by atoms with van der Waals surface area (Å²) >= 11 is 1.66. The van der Waals surface area contributed by atoms with E-state index in [4.69, 9.17) is 0 Å². The van der Waals surface area contributed by atoms with Gasteiger partial charge in [-0.3, -0.25) is 4.79 Å². The number of thiazole rings is 1. The molecule has 2 heterocycles. The summed E-state index contributed by atoms with van der Waals surface area (Å²) in [5, 5.41) is 4.09. The minimum absolute atomic E-state index is 0.0130. The first kappa shape index (κ1) is 10.6. The van der Waals surface area contributed by atoms with Crippen LogP contribution in [-0.4, -0.2) is 35.4 Å². The summed E-state index contributed by atoms with van der Waals surface area (Å²) in [6.45, 7) is 3.54. The van der Waals surface area contributed by atoms with Gasteiger partial charge < -0.3 is 10.2 Å². The number of hydrogen-bond acceptors (Lipinski definition) is 4. The van der Waals surface area contributed by atoms with E-state index >= 15 is 0 Å². The molecule has 1 aromatic heterocycles. The molecule has 1 fully saturated rings. The Bertz CT molecular complexity index is 363.